The van der Waals surface area contributed by atoms with E-state index < -0.39 is 17.5 Å². The van der Waals surface area contributed by atoms with Gasteiger partial charge in [0.15, 0.2) is 11.6 Å². The van der Waals surface area contributed by atoms with Crippen LogP contribution in [0.15, 0.2) is 34.8 Å². The standard InChI is InChI=1S/C14H11BrF2N2O/c1-7-4-9(15)13(6-12(7)18)19-14(20)8-2-3-10(16)11(17)5-8/h2-6H,18H2,1H3,(H,19,20). The van der Waals surface area contributed by atoms with E-state index in [1.807, 2.05) is 6.92 Å². The summed E-state index contributed by atoms with van der Waals surface area (Å²) >= 11 is 3.30. The van der Waals surface area contributed by atoms with Gasteiger partial charge in [-0.1, -0.05) is 0 Å². The fourth-order valence-electron chi connectivity index (χ4n) is 1.62. The van der Waals surface area contributed by atoms with Gasteiger partial charge in [-0.2, -0.15) is 0 Å². The quantitative estimate of drug-likeness (QED) is 0.815. The van der Waals surface area contributed by atoms with Gasteiger partial charge in [0.2, 0.25) is 0 Å². The highest BCUT2D eigenvalue weighted by molar-refractivity contribution is 9.10. The number of rotatable bonds is 2. The lowest BCUT2D eigenvalue weighted by Crippen LogP contribution is -2.13. The molecule has 0 atom stereocenters. The van der Waals surface area contributed by atoms with Gasteiger partial charge >= 0.3 is 0 Å². The number of amides is 1. The van der Waals surface area contributed by atoms with Gasteiger partial charge in [-0.25, -0.2) is 8.78 Å². The summed E-state index contributed by atoms with van der Waals surface area (Å²) in [6, 6.07) is 6.31. The molecule has 1 amide bonds. The average Bonchev–Trinajstić information content (AvgIpc) is 2.39. The maximum atomic E-state index is 13.1. The molecule has 6 heteroatoms. The topological polar surface area (TPSA) is 55.1 Å². The lowest BCUT2D eigenvalue weighted by Gasteiger charge is -2.10. The van der Waals surface area contributed by atoms with Crippen molar-refractivity contribution in [2.75, 3.05) is 11.1 Å². The predicted molar refractivity (Wildman–Crippen MR) is 77.6 cm³/mol. The van der Waals surface area contributed by atoms with Crippen LogP contribution in [0.25, 0.3) is 0 Å². The Kier molecular flexibility index (Phi) is 4.04. The first-order valence-electron chi connectivity index (χ1n) is 5.70. The first kappa shape index (κ1) is 14.5. The number of benzene rings is 2. The number of hydrogen-bond acceptors (Lipinski definition) is 2. The van der Waals surface area contributed by atoms with Gasteiger partial charge in [0.05, 0.1) is 5.69 Å². The van der Waals surface area contributed by atoms with Crippen LogP contribution in [-0.2, 0) is 0 Å². The zero-order chi connectivity index (χ0) is 14.9. The fourth-order valence-corrected chi connectivity index (χ4v) is 2.17. The van der Waals surface area contributed by atoms with Gasteiger partial charge in [-0.3, -0.25) is 4.79 Å². The molecule has 0 aliphatic heterocycles. The van der Waals surface area contributed by atoms with E-state index >= 15 is 0 Å². The Bertz CT molecular complexity index is 689. The molecule has 0 aliphatic rings. The predicted octanol–water partition coefficient (Wildman–Crippen LogP) is 3.87. The summed E-state index contributed by atoms with van der Waals surface area (Å²) in [5.74, 6) is -2.62. The fraction of sp³-hybridized carbons (Fsp3) is 0.0714. The van der Waals surface area contributed by atoms with E-state index in [2.05, 4.69) is 21.2 Å². The molecule has 0 radical (unpaired) electrons. The Morgan fingerprint density at radius 1 is 1.20 bits per heavy atom. The molecule has 0 heterocycles. The zero-order valence-corrected chi connectivity index (χ0v) is 12.1. The van der Waals surface area contributed by atoms with Crippen LogP contribution in [0, 0.1) is 18.6 Å². The van der Waals surface area contributed by atoms with Gasteiger partial charge in [0, 0.05) is 15.7 Å². The van der Waals surface area contributed by atoms with Gasteiger partial charge in [0.1, 0.15) is 0 Å². The molecular weight excluding hydrogens is 330 g/mol. The number of halogens is 3. The summed E-state index contributed by atoms with van der Waals surface area (Å²) in [5, 5.41) is 2.59. The van der Waals surface area contributed by atoms with E-state index in [0.717, 1.165) is 17.7 Å². The second-order valence-corrected chi connectivity index (χ2v) is 5.13. The molecule has 0 saturated carbocycles. The molecule has 0 fully saturated rings. The van der Waals surface area contributed by atoms with E-state index in [4.69, 9.17) is 5.73 Å². The molecule has 20 heavy (non-hydrogen) atoms. The minimum absolute atomic E-state index is 0.0231. The van der Waals surface area contributed by atoms with Crippen LogP contribution in [0.5, 0.6) is 0 Å². The summed E-state index contributed by atoms with van der Waals surface area (Å²) in [5.41, 5.74) is 7.64. The molecule has 2 aromatic rings. The van der Waals surface area contributed by atoms with Crippen molar-refractivity contribution >= 4 is 33.2 Å². The van der Waals surface area contributed by atoms with Crippen molar-refractivity contribution in [1.82, 2.24) is 0 Å². The third-order valence-electron chi connectivity index (χ3n) is 2.79. The van der Waals surface area contributed by atoms with Crippen molar-refractivity contribution in [2.24, 2.45) is 0 Å². The highest BCUT2D eigenvalue weighted by Gasteiger charge is 2.12. The number of hydrogen-bond donors (Lipinski definition) is 2. The van der Waals surface area contributed by atoms with E-state index in [9.17, 15) is 13.6 Å². The minimum Gasteiger partial charge on any atom is -0.398 e. The van der Waals surface area contributed by atoms with Crippen LogP contribution < -0.4 is 11.1 Å². The molecule has 0 aromatic heterocycles. The number of nitrogens with one attached hydrogen (secondary N) is 1. The van der Waals surface area contributed by atoms with Crippen LogP contribution >= 0.6 is 15.9 Å². The van der Waals surface area contributed by atoms with Gasteiger partial charge in [-0.15, -0.1) is 0 Å². The Hall–Kier alpha value is -1.95. The number of anilines is 2. The summed E-state index contributed by atoms with van der Waals surface area (Å²) in [7, 11) is 0. The summed E-state index contributed by atoms with van der Waals surface area (Å²) < 4.78 is 26.6. The Morgan fingerprint density at radius 3 is 2.55 bits per heavy atom. The van der Waals surface area contributed by atoms with Gasteiger partial charge < -0.3 is 11.1 Å². The molecule has 0 spiro atoms. The number of aryl methyl sites for hydroxylation is 1. The first-order valence-corrected chi connectivity index (χ1v) is 6.50. The molecule has 0 saturated heterocycles. The van der Waals surface area contributed by atoms with Crippen molar-refractivity contribution in [1.29, 1.82) is 0 Å². The molecule has 0 unspecified atom stereocenters. The largest absolute Gasteiger partial charge is 0.398 e. The molecule has 3 N–H and O–H groups in total. The Labute approximate surface area is 122 Å². The van der Waals surface area contributed by atoms with E-state index in [1.165, 1.54) is 6.07 Å². The maximum absolute atomic E-state index is 13.1. The molecule has 2 rings (SSSR count). The van der Waals surface area contributed by atoms with E-state index in [1.54, 1.807) is 12.1 Å². The van der Waals surface area contributed by atoms with Crippen LogP contribution in [0.1, 0.15) is 15.9 Å². The highest BCUT2D eigenvalue weighted by atomic mass is 79.9. The second kappa shape index (κ2) is 5.58. The molecular formula is C14H11BrF2N2O. The lowest BCUT2D eigenvalue weighted by molar-refractivity contribution is 0.102. The zero-order valence-electron chi connectivity index (χ0n) is 10.5. The van der Waals surface area contributed by atoms with Gasteiger partial charge in [0.25, 0.3) is 5.91 Å². The third-order valence-corrected chi connectivity index (χ3v) is 3.44. The maximum Gasteiger partial charge on any atom is 0.255 e. The van der Waals surface area contributed by atoms with Crippen molar-refractivity contribution in [2.45, 2.75) is 6.92 Å². The second-order valence-electron chi connectivity index (χ2n) is 4.27. The van der Waals surface area contributed by atoms with Crippen LogP contribution in [0.3, 0.4) is 0 Å². The van der Waals surface area contributed by atoms with E-state index in [-0.39, 0.29) is 5.56 Å². The molecule has 2 aromatic carbocycles. The van der Waals surface area contributed by atoms with Crippen molar-refractivity contribution in [3.63, 3.8) is 0 Å². The summed E-state index contributed by atoms with van der Waals surface area (Å²) in [6.45, 7) is 1.83. The lowest BCUT2D eigenvalue weighted by atomic mass is 10.1. The van der Waals surface area contributed by atoms with Crippen molar-refractivity contribution in [3.05, 3.63) is 57.6 Å². The Balaban J connectivity index is 2.27. The first-order chi connectivity index (χ1) is 9.38. The number of nitrogen functional groups attached to an aromatic ring is 1. The number of nitrogens with two attached hydrogens (primary N) is 1. The van der Waals surface area contributed by atoms with Crippen molar-refractivity contribution in [3.8, 4) is 0 Å². The van der Waals surface area contributed by atoms with E-state index in [0.29, 0.717) is 15.8 Å². The van der Waals surface area contributed by atoms with Crippen molar-refractivity contribution < 1.29 is 13.6 Å². The SMILES string of the molecule is Cc1cc(Br)c(NC(=O)c2ccc(F)c(F)c2)cc1N. The molecule has 3 nitrogen and oxygen atoms in total. The van der Waals surface area contributed by atoms with Crippen LogP contribution in [-0.4, -0.2) is 5.91 Å². The number of carbonyl (C=O) groups excluding carboxylic acids is 1. The third kappa shape index (κ3) is 2.96. The monoisotopic (exact) mass is 340 g/mol. The summed E-state index contributed by atoms with van der Waals surface area (Å²) in [6.07, 6.45) is 0. The normalized spacial score (nSPS) is 10.4. The van der Waals surface area contributed by atoms with Crippen LogP contribution in [0.4, 0.5) is 20.2 Å². The average molecular weight is 341 g/mol. The molecule has 104 valence electrons. The smallest absolute Gasteiger partial charge is 0.255 e. The summed E-state index contributed by atoms with van der Waals surface area (Å²) in [4.78, 5) is 12.0. The minimum atomic E-state index is -1.07. The molecule has 0 bridgehead atoms. The molecule has 0 aliphatic carbocycles. The highest BCUT2D eigenvalue weighted by Crippen LogP contribution is 2.28. The Morgan fingerprint density at radius 2 is 1.90 bits per heavy atom. The number of carbonyl (C=O) groups is 1. The van der Waals surface area contributed by atoms with Crippen LogP contribution in [0.2, 0.25) is 0 Å². The van der Waals surface area contributed by atoms with Gasteiger partial charge in [-0.05, 0) is 58.7 Å².